The van der Waals surface area contributed by atoms with Crippen molar-refractivity contribution in [1.82, 2.24) is 15.2 Å². The maximum Gasteiger partial charge on any atom is 0.323 e. The van der Waals surface area contributed by atoms with Gasteiger partial charge in [-0.3, -0.25) is 10.1 Å². The van der Waals surface area contributed by atoms with E-state index in [9.17, 15) is 14.0 Å². The predicted octanol–water partition coefficient (Wildman–Crippen LogP) is 2.97. The number of nitrogens with zero attached hydrogens (tertiary/aromatic N) is 2. The van der Waals surface area contributed by atoms with Gasteiger partial charge in [-0.05, 0) is 36.6 Å². The molecule has 29 heavy (non-hydrogen) atoms. The molecule has 0 saturated carbocycles. The zero-order valence-corrected chi connectivity index (χ0v) is 16.2. The first-order valence-electron chi connectivity index (χ1n) is 9.69. The van der Waals surface area contributed by atoms with Crippen molar-refractivity contribution in [3.05, 3.63) is 53.5 Å². The SMILES string of the molecule is CNC(=O)c1ccnc(NC(=O)N2CCC3(CCc4ccc(F)cc4O3)CC2)c1. The Labute approximate surface area is 168 Å². The number of halogens is 1. The number of likely N-dealkylation sites (tertiary alicyclic amines) is 1. The number of fused-ring (bicyclic) bond motifs is 1. The number of hydrogen-bond donors (Lipinski definition) is 2. The summed E-state index contributed by atoms with van der Waals surface area (Å²) in [6.07, 6.45) is 4.55. The van der Waals surface area contributed by atoms with Crippen molar-refractivity contribution in [2.24, 2.45) is 0 Å². The molecule has 2 aromatic rings. The monoisotopic (exact) mass is 398 g/mol. The lowest BCUT2D eigenvalue weighted by Crippen LogP contribution is -2.52. The van der Waals surface area contributed by atoms with Crippen molar-refractivity contribution in [3.63, 3.8) is 0 Å². The first-order chi connectivity index (χ1) is 14.0. The highest BCUT2D eigenvalue weighted by Crippen LogP contribution is 2.39. The van der Waals surface area contributed by atoms with Gasteiger partial charge < -0.3 is 15.0 Å². The smallest absolute Gasteiger partial charge is 0.323 e. The summed E-state index contributed by atoms with van der Waals surface area (Å²) in [6.45, 7) is 1.07. The molecule has 2 N–H and O–H groups in total. The maximum absolute atomic E-state index is 13.6. The van der Waals surface area contributed by atoms with Crippen LogP contribution in [0.15, 0.2) is 36.5 Å². The second-order valence-corrected chi connectivity index (χ2v) is 7.46. The highest BCUT2D eigenvalue weighted by atomic mass is 19.1. The lowest BCUT2D eigenvalue weighted by Gasteiger charge is -2.44. The van der Waals surface area contributed by atoms with E-state index in [1.54, 1.807) is 24.1 Å². The molecule has 0 aliphatic carbocycles. The summed E-state index contributed by atoms with van der Waals surface area (Å²) in [5.74, 6) is 0.400. The molecule has 1 fully saturated rings. The molecule has 0 radical (unpaired) electrons. The molecule has 0 bridgehead atoms. The largest absolute Gasteiger partial charge is 0.487 e. The quantitative estimate of drug-likeness (QED) is 0.815. The van der Waals surface area contributed by atoms with Gasteiger partial charge in [-0.1, -0.05) is 6.07 Å². The molecule has 4 rings (SSSR count). The topological polar surface area (TPSA) is 83.6 Å². The minimum Gasteiger partial charge on any atom is -0.487 e. The van der Waals surface area contributed by atoms with Crippen LogP contribution in [0.1, 0.15) is 35.2 Å². The normalized spacial score (nSPS) is 17.2. The van der Waals surface area contributed by atoms with Gasteiger partial charge in [0.2, 0.25) is 0 Å². The Morgan fingerprint density at radius 3 is 2.72 bits per heavy atom. The Hall–Kier alpha value is -3.16. The maximum atomic E-state index is 13.6. The molecule has 8 heteroatoms. The van der Waals surface area contributed by atoms with Gasteiger partial charge in [0.1, 0.15) is 23.0 Å². The van der Waals surface area contributed by atoms with Gasteiger partial charge in [0, 0.05) is 50.8 Å². The third kappa shape index (κ3) is 4.01. The second-order valence-electron chi connectivity index (χ2n) is 7.46. The minimum absolute atomic E-state index is 0.242. The van der Waals surface area contributed by atoms with Crippen LogP contribution in [0, 0.1) is 5.82 Å². The summed E-state index contributed by atoms with van der Waals surface area (Å²) in [7, 11) is 1.55. The summed E-state index contributed by atoms with van der Waals surface area (Å²) in [6, 6.07) is 7.54. The number of nitrogens with one attached hydrogen (secondary N) is 2. The number of carbonyl (C=O) groups excluding carboxylic acids is 2. The van der Waals surface area contributed by atoms with E-state index in [0.29, 0.717) is 43.1 Å². The summed E-state index contributed by atoms with van der Waals surface area (Å²) in [5.41, 5.74) is 1.10. The van der Waals surface area contributed by atoms with E-state index in [1.807, 2.05) is 0 Å². The third-order valence-corrected chi connectivity index (χ3v) is 5.65. The van der Waals surface area contributed by atoms with E-state index in [4.69, 9.17) is 4.74 Å². The van der Waals surface area contributed by atoms with Gasteiger partial charge in [0.05, 0.1) is 0 Å². The van der Waals surface area contributed by atoms with Crippen LogP contribution in [0.3, 0.4) is 0 Å². The van der Waals surface area contributed by atoms with E-state index in [-0.39, 0.29) is 23.4 Å². The Kier molecular flexibility index (Phi) is 5.08. The van der Waals surface area contributed by atoms with Crippen LogP contribution in [0.5, 0.6) is 5.75 Å². The molecular weight excluding hydrogens is 375 g/mol. The van der Waals surface area contributed by atoms with E-state index < -0.39 is 0 Å². The molecule has 2 aliphatic rings. The molecule has 0 unspecified atom stereocenters. The minimum atomic E-state index is -0.352. The van der Waals surface area contributed by atoms with E-state index in [1.165, 1.54) is 24.4 Å². The number of anilines is 1. The Balaban J connectivity index is 1.37. The number of piperidine rings is 1. The number of carbonyl (C=O) groups is 2. The third-order valence-electron chi connectivity index (χ3n) is 5.65. The summed E-state index contributed by atoms with van der Waals surface area (Å²) >= 11 is 0. The van der Waals surface area contributed by atoms with Crippen molar-refractivity contribution in [1.29, 1.82) is 0 Å². The fourth-order valence-electron chi connectivity index (χ4n) is 3.92. The van der Waals surface area contributed by atoms with Crippen LogP contribution in [0.4, 0.5) is 15.0 Å². The Morgan fingerprint density at radius 1 is 1.17 bits per heavy atom. The van der Waals surface area contributed by atoms with Crippen LogP contribution < -0.4 is 15.4 Å². The highest BCUT2D eigenvalue weighted by Gasteiger charge is 2.40. The van der Waals surface area contributed by atoms with E-state index in [2.05, 4.69) is 15.6 Å². The molecule has 3 heterocycles. The summed E-state index contributed by atoms with van der Waals surface area (Å²) < 4.78 is 19.7. The molecule has 1 aromatic carbocycles. The standard InChI is InChI=1S/C21H23FN4O3/c1-23-19(27)15-5-9-24-18(12-15)25-20(28)26-10-7-21(8-11-26)6-4-14-2-3-16(22)13-17(14)29-21/h2-3,5,9,12-13H,4,6-8,10-11H2,1H3,(H,23,27)(H,24,25,28). The fraction of sp³-hybridized carbons (Fsp3) is 0.381. The zero-order chi connectivity index (χ0) is 20.4. The number of benzene rings is 1. The lowest BCUT2D eigenvalue weighted by molar-refractivity contribution is -0.00460. The number of rotatable bonds is 2. The summed E-state index contributed by atoms with van der Waals surface area (Å²) in [5, 5.41) is 5.29. The lowest BCUT2D eigenvalue weighted by atomic mass is 9.83. The van der Waals surface area contributed by atoms with Gasteiger partial charge in [-0.25, -0.2) is 14.2 Å². The molecule has 1 aromatic heterocycles. The highest BCUT2D eigenvalue weighted by molar-refractivity contribution is 5.96. The Morgan fingerprint density at radius 2 is 1.97 bits per heavy atom. The predicted molar refractivity (Wildman–Crippen MR) is 106 cm³/mol. The fourth-order valence-corrected chi connectivity index (χ4v) is 3.92. The first-order valence-corrected chi connectivity index (χ1v) is 9.69. The van der Waals surface area contributed by atoms with Gasteiger partial charge in [0.25, 0.3) is 5.91 Å². The van der Waals surface area contributed by atoms with Crippen molar-refractivity contribution >= 4 is 17.8 Å². The number of ether oxygens (including phenoxy) is 1. The number of urea groups is 1. The molecule has 1 saturated heterocycles. The molecule has 1 spiro atoms. The summed E-state index contributed by atoms with van der Waals surface area (Å²) in [4.78, 5) is 30.2. The van der Waals surface area contributed by atoms with Gasteiger partial charge in [-0.15, -0.1) is 0 Å². The van der Waals surface area contributed by atoms with Crippen molar-refractivity contribution in [2.75, 3.05) is 25.5 Å². The number of pyridine rings is 1. The van der Waals surface area contributed by atoms with Crippen molar-refractivity contribution < 1.29 is 18.7 Å². The molecule has 2 aliphatic heterocycles. The average Bonchev–Trinajstić information content (AvgIpc) is 2.73. The van der Waals surface area contributed by atoms with Crippen LogP contribution >= 0.6 is 0 Å². The average molecular weight is 398 g/mol. The van der Waals surface area contributed by atoms with Crippen LogP contribution in [0.2, 0.25) is 0 Å². The van der Waals surface area contributed by atoms with E-state index >= 15 is 0 Å². The van der Waals surface area contributed by atoms with Gasteiger partial charge in [0.15, 0.2) is 0 Å². The number of hydrogen-bond acceptors (Lipinski definition) is 4. The van der Waals surface area contributed by atoms with E-state index in [0.717, 1.165) is 18.4 Å². The van der Waals surface area contributed by atoms with Crippen molar-refractivity contribution in [3.8, 4) is 5.75 Å². The number of aromatic nitrogens is 1. The first kappa shape index (κ1) is 19.2. The molecule has 7 nitrogen and oxygen atoms in total. The molecular formula is C21H23FN4O3. The van der Waals surface area contributed by atoms with Crippen molar-refractivity contribution in [2.45, 2.75) is 31.3 Å². The van der Waals surface area contributed by atoms with Crippen LogP contribution in [-0.4, -0.2) is 47.6 Å². The van der Waals surface area contributed by atoms with Gasteiger partial charge in [-0.2, -0.15) is 0 Å². The van der Waals surface area contributed by atoms with Crippen LogP contribution in [-0.2, 0) is 6.42 Å². The Bertz CT molecular complexity index is 941. The van der Waals surface area contributed by atoms with Crippen LogP contribution in [0.25, 0.3) is 0 Å². The molecule has 152 valence electrons. The molecule has 3 amide bonds. The number of aryl methyl sites for hydroxylation is 1. The number of amides is 3. The zero-order valence-electron chi connectivity index (χ0n) is 16.2. The van der Waals surface area contributed by atoms with Gasteiger partial charge >= 0.3 is 6.03 Å². The second kappa shape index (κ2) is 7.69. The molecule has 0 atom stereocenters.